The molecule has 9 heteroatoms. The van der Waals surface area contributed by atoms with Crippen LogP contribution in [0.25, 0.3) is 0 Å². The van der Waals surface area contributed by atoms with Crippen LogP contribution in [0.5, 0.6) is 0 Å². The third-order valence-electron chi connectivity index (χ3n) is 3.92. The fourth-order valence-corrected chi connectivity index (χ4v) is 4.73. The molecule has 1 atom stereocenters. The Balaban J connectivity index is 2.43. The normalized spacial score (nSPS) is 22.7. The van der Waals surface area contributed by atoms with E-state index in [1.54, 1.807) is 0 Å². The van der Waals surface area contributed by atoms with E-state index in [4.69, 9.17) is 5.73 Å². The van der Waals surface area contributed by atoms with Crippen molar-refractivity contribution >= 4 is 15.7 Å². The number of amides is 1. The topological polar surface area (TPSA) is 89.3 Å². The number of hydrogen-bond donors (Lipinski definition) is 2. The summed E-state index contributed by atoms with van der Waals surface area (Å²) in [5.41, 5.74) is 4.24. The molecule has 1 aromatic rings. The van der Waals surface area contributed by atoms with Gasteiger partial charge >= 0.3 is 6.18 Å². The van der Waals surface area contributed by atoms with Crippen molar-refractivity contribution in [1.82, 2.24) is 5.32 Å². The van der Waals surface area contributed by atoms with Crippen LogP contribution in [-0.4, -0.2) is 25.7 Å². The third-order valence-corrected chi connectivity index (χ3v) is 6.34. The maximum atomic E-state index is 12.9. The maximum Gasteiger partial charge on any atom is 0.416 e. The molecule has 1 saturated heterocycles. The minimum absolute atomic E-state index is 0.180. The highest BCUT2D eigenvalue weighted by Crippen LogP contribution is 2.35. The van der Waals surface area contributed by atoms with E-state index in [2.05, 4.69) is 5.32 Å². The number of alkyl halides is 3. The Morgan fingerprint density at radius 1 is 1.22 bits per heavy atom. The number of carbonyl (C=O) groups is 1. The quantitative estimate of drug-likeness (QED) is 0.867. The van der Waals surface area contributed by atoms with E-state index in [9.17, 15) is 26.4 Å². The maximum absolute atomic E-state index is 12.9. The van der Waals surface area contributed by atoms with Crippen LogP contribution in [0.1, 0.15) is 31.2 Å². The van der Waals surface area contributed by atoms with Crippen LogP contribution in [0.3, 0.4) is 0 Å². The summed E-state index contributed by atoms with van der Waals surface area (Å²) < 4.78 is 63.5. The lowest BCUT2D eigenvalue weighted by atomic mass is 10.0. The molecule has 0 spiro atoms. The lowest BCUT2D eigenvalue weighted by Gasteiger charge is -2.37. The molecule has 3 N–H and O–H groups in total. The Bertz CT molecular complexity index is 678. The molecule has 2 rings (SSSR count). The van der Waals surface area contributed by atoms with Gasteiger partial charge in [-0.05, 0) is 50.1 Å². The van der Waals surface area contributed by atoms with Crippen molar-refractivity contribution in [2.45, 2.75) is 41.6 Å². The van der Waals surface area contributed by atoms with Gasteiger partial charge < -0.3 is 5.73 Å². The minimum atomic E-state index is -4.55. The van der Waals surface area contributed by atoms with Crippen molar-refractivity contribution in [2.75, 3.05) is 6.54 Å². The van der Waals surface area contributed by atoms with Crippen molar-refractivity contribution in [1.29, 1.82) is 0 Å². The summed E-state index contributed by atoms with van der Waals surface area (Å²) in [5.74, 6) is -0.783. The number of nitrogens with two attached hydrogens (primary N) is 1. The van der Waals surface area contributed by atoms with Gasteiger partial charge in [-0.25, -0.2) is 8.42 Å². The Hall–Kier alpha value is -1.61. The molecule has 5 nitrogen and oxygen atoms in total. The molecule has 0 bridgehead atoms. The molecule has 1 amide bonds. The summed E-state index contributed by atoms with van der Waals surface area (Å²) in [6.45, 7) is 0.396. The molecule has 1 heterocycles. The van der Waals surface area contributed by atoms with Crippen LogP contribution < -0.4 is 11.1 Å². The fraction of sp³-hybridized carbons (Fsp3) is 0.500. The first-order valence-electron chi connectivity index (χ1n) is 7.04. The number of hydrogen-bond acceptors (Lipinski definition) is 4. The van der Waals surface area contributed by atoms with Gasteiger partial charge in [0.15, 0.2) is 9.84 Å². The molecule has 23 heavy (non-hydrogen) atoms. The van der Waals surface area contributed by atoms with Crippen LogP contribution in [0.15, 0.2) is 29.2 Å². The van der Waals surface area contributed by atoms with E-state index >= 15 is 0 Å². The van der Waals surface area contributed by atoms with E-state index in [1.807, 2.05) is 0 Å². The number of sulfone groups is 1. The van der Waals surface area contributed by atoms with Gasteiger partial charge in [0.25, 0.3) is 0 Å². The predicted octanol–water partition coefficient (Wildman–Crippen LogP) is 1.82. The average molecular weight is 350 g/mol. The molecular formula is C14H17F3N2O3S. The molecule has 128 valence electrons. The summed E-state index contributed by atoms with van der Waals surface area (Å²) in [5, 5.41) is 2.84. The minimum Gasteiger partial charge on any atom is -0.370 e. The monoisotopic (exact) mass is 350 g/mol. The zero-order valence-electron chi connectivity index (χ0n) is 12.2. The van der Waals surface area contributed by atoms with Gasteiger partial charge in [0.2, 0.25) is 5.91 Å². The second-order valence-electron chi connectivity index (χ2n) is 5.55. The molecule has 1 aromatic carbocycles. The molecule has 0 radical (unpaired) electrons. The highest BCUT2D eigenvalue weighted by atomic mass is 32.2. The number of nitrogens with one attached hydrogen (secondary N) is 1. The van der Waals surface area contributed by atoms with E-state index in [1.165, 1.54) is 0 Å². The lowest BCUT2D eigenvalue weighted by molar-refractivity contribution is -0.137. The number of benzene rings is 1. The highest BCUT2D eigenvalue weighted by Gasteiger charge is 2.46. The highest BCUT2D eigenvalue weighted by molar-refractivity contribution is 7.92. The van der Waals surface area contributed by atoms with Crippen LogP contribution >= 0.6 is 0 Å². The second kappa shape index (κ2) is 6.12. The largest absolute Gasteiger partial charge is 0.416 e. The number of piperidine rings is 1. The van der Waals surface area contributed by atoms with Crippen LogP contribution in [0, 0.1) is 0 Å². The smallest absolute Gasteiger partial charge is 0.370 e. The molecule has 0 unspecified atom stereocenters. The Kier molecular flexibility index (Phi) is 4.72. The van der Waals surface area contributed by atoms with Crippen LogP contribution in [-0.2, 0) is 20.8 Å². The second-order valence-corrected chi connectivity index (χ2v) is 7.81. The van der Waals surface area contributed by atoms with Crippen molar-refractivity contribution < 1.29 is 26.4 Å². The van der Waals surface area contributed by atoms with E-state index in [0.29, 0.717) is 25.1 Å². The molecule has 1 fully saturated rings. The zero-order chi connectivity index (χ0) is 17.3. The molecule has 1 aliphatic rings. The Morgan fingerprint density at radius 3 is 2.26 bits per heavy atom. The van der Waals surface area contributed by atoms with Crippen molar-refractivity contribution in [3.63, 3.8) is 0 Å². The third kappa shape index (κ3) is 3.50. The molecular weight excluding hydrogens is 333 g/mol. The van der Waals surface area contributed by atoms with Gasteiger partial charge in [-0.15, -0.1) is 0 Å². The van der Waals surface area contributed by atoms with E-state index in [-0.39, 0.29) is 11.3 Å². The number of carbonyl (C=O) groups excluding carboxylic acids is 1. The summed E-state index contributed by atoms with van der Waals surface area (Å²) in [6, 6.07) is 3.26. The Labute approximate surface area is 132 Å². The summed E-state index contributed by atoms with van der Waals surface area (Å²) in [7, 11) is -4.06. The molecule has 1 aliphatic heterocycles. The first-order chi connectivity index (χ1) is 10.6. The van der Waals surface area contributed by atoms with Gasteiger partial charge in [0.05, 0.1) is 16.9 Å². The average Bonchev–Trinajstić information content (AvgIpc) is 2.46. The van der Waals surface area contributed by atoms with Crippen molar-refractivity contribution in [3.05, 3.63) is 29.8 Å². The number of rotatable bonds is 4. The van der Waals surface area contributed by atoms with Crippen LogP contribution in [0.4, 0.5) is 13.2 Å². The predicted molar refractivity (Wildman–Crippen MR) is 77.0 cm³/mol. The number of primary amides is 1. The SMILES string of the molecule is NC(=O)C[C@@]1(S(=O)(=O)c2ccc(C(F)(F)F)cc2)CCCCN1. The van der Waals surface area contributed by atoms with Crippen molar-refractivity contribution in [2.24, 2.45) is 5.73 Å². The first-order valence-corrected chi connectivity index (χ1v) is 8.52. The summed E-state index contributed by atoms with van der Waals surface area (Å²) in [6.07, 6.45) is -3.45. The first kappa shape index (κ1) is 17.7. The van der Waals surface area contributed by atoms with E-state index < -0.39 is 38.8 Å². The summed E-state index contributed by atoms with van der Waals surface area (Å²) in [4.78, 5) is 9.48. The van der Waals surface area contributed by atoms with Gasteiger partial charge in [-0.1, -0.05) is 0 Å². The van der Waals surface area contributed by atoms with Crippen LogP contribution in [0.2, 0.25) is 0 Å². The van der Waals surface area contributed by atoms with Gasteiger partial charge in [-0.2, -0.15) is 13.2 Å². The molecule has 0 saturated carbocycles. The summed E-state index contributed by atoms with van der Waals surface area (Å²) >= 11 is 0. The molecule has 0 aromatic heterocycles. The Morgan fingerprint density at radius 2 is 1.83 bits per heavy atom. The van der Waals surface area contributed by atoms with Gasteiger partial charge in [0, 0.05) is 0 Å². The van der Waals surface area contributed by atoms with E-state index in [0.717, 1.165) is 18.6 Å². The fourth-order valence-electron chi connectivity index (χ4n) is 2.75. The zero-order valence-corrected chi connectivity index (χ0v) is 13.0. The molecule has 0 aliphatic carbocycles. The standard InChI is InChI=1S/C14H17F3N2O3S/c15-14(16,17)10-3-5-11(6-4-10)23(21,22)13(9-12(18)20)7-1-2-8-19-13/h3-6,19H,1-2,7-9H2,(H2,18,20)/t13-/m0/s1. The number of halogens is 3. The lowest BCUT2D eigenvalue weighted by Crippen LogP contribution is -2.56. The van der Waals surface area contributed by atoms with Crippen molar-refractivity contribution in [3.8, 4) is 0 Å². The van der Waals surface area contributed by atoms with Gasteiger partial charge in [-0.3, -0.25) is 10.1 Å². The van der Waals surface area contributed by atoms with Gasteiger partial charge in [0.1, 0.15) is 4.87 Å².